The highest BCUT2D eigenvalue weighted by Crippen LogP contribution is 2.41. The Hall–Kier alpha value is -3.08. The SMILES string of the molecule is CC(C)(COc1ccn(C2=C3NC(NSc4cccc(n4)N(CCC(O)C(F)(F)F)CCCCCCc4ccccc43)S2)n1)C(F)(F)F. The van der Waals surface area contributed by atoms with E-state index in [2.05, 4.69) is 21.2 Å². The molecule has 4 bridgehead atoms. The van der Waals surface area contributed by atoms with Crippen LogP contribution in [-0.2, 0) is 6.42 Å². The number of hydrogen-bond donors (Lipinski definition) is 3. The number of benzene rings is 1. The van der Waals surface area contributed by atoms with Crippen molar-refractivity contribution in [2.24, 2.45) is 5.41 Å². The van der Waals surface area contributed by atoms with Crippen LogP contribution in [0.5, 0.6) is 5.88 Å². The molecule has 0 amide bonds. The fourth-order valence-corrected chi connectivity index (χ4v) is 6.93. The lowest BCUT2D eigenvalue weighted by Gasteiger charge is -2.26. The summed E-state index contributed by atoms with van der Waals surface area (Å²) in [6.07, 6.45) is -6.14. The van der Waals surface area contributed by atoms with Gasteiger partial charge in [-0.1, -0.05) is 54.9 Å². The number of aliphatic hydroxyl groups excluding tert-OH is 1. The van der Waals surface area contributed by atoms with Crippen LogP contribution in [0.1, 0.15) is 57.1 Å². The molecule has 3 N–H and O–H groups in total. The number of fused-ring (bicyclic) bond motifs is 6. The van der Waals surface area contributed by atoms with Gasteiger partial charge in [-0.3, -0.25) is 0 Å². The molecule has 48 heavy (non-hydrogen) atoms. The number of ether oxygens (including phenoxy) is 1. The number of pyridine rings is 1. The minimum atomic E-state index is -4.68. The summed E-state index contributed by atoms with van der Waals surface area (Å²) in [5.74, 6) is 0.596. The maximum Gasteiger partial charge on any atom is 0.414 e. The number of halogens is 6. The molecule has 0 fully saturated rings. The van der Waals surface area contributed by atoms with Gasteiger partial charge in [0.05, 0.1) is 11.1 Å². The van der Waals surface area contributed by atoms with Crippen molar-refractivity contribution in [3.05, 3.63) is 65.9 Å². The number of alkyl halides is 6. The predicted octanol–water partition coefficient (Wildman–Crippen LogP) is 7.68. The second-order valence-corrected chi connectivity index (χ2v) is 14.3. The number of anilines is 1. The van der Waals surface area contributed by atoms with E-state index in [-0.39, 0.29) is 17.9 Å². The molecule has 3 aromatic rings. The van der Waals surface area contributed by atoms with Crippen molar-refractivity contribution in [3.8, 4) is 5.88 Å². The monoisotopic (exact) mass is 716 g/mol. The number of aryl methyl sites for hydroxylation is 1. The molecular weight excluding hydrogens is 679 g/mol. The highest BCUT2D eigenvalue weighted by atomic mass is 32.2. The van der Waals surface area contributed by atoms with Crippen LogP contribution in [0.2, 0.25) is 0 Å². The van der Waals surface area contributed by atoms with E-state index in [1.54, 1.807) is 34.0 Å². The van der Waals surface area contributed by atoms with Crippen LogP contribution < -0.4 is 19.7 Å². The van der Waals surface area contributed by atoms with Crippen molar-refractivity contribution in [2.45, 2.75) is 81.4 Å². The average Bonchev–Trinajstić information content (AvgIpc) is 3.68. The summed E-state index contributed by atoms with van der Waals surface area (Å²) in [6, 6.07) is 14.9. The summed E-state index contributed by atoms with van der Waals surface area (Å²) < 4.78 is 89.7. The molecule has 2 aliphatic rings. The Balaban J connectivity index is 1.39. The predicted molar refractivity (Wildman–Crippen MR) is 176 cm³/mol. The van der Waals surface area contributed by atoms with E-state index in [9.17, 15) is 31.4 Å². The second-order valence-electron chi connectivity index (χ2n) is 12.3. The van der Waals surface area contributed by atoms with Gasteiger partial charge in [-0.25, -0.2) is 14.4 Å². The highest BCUT2D eigenvalue weighted by molar-refractivity contribution is 8.09. The largest absolute Gasteiger partial charge is 0.476 e. The van der Waals surface area contributed by atoms with Crippen molar-refractivity contribution >= 4 is 40.3 Å². The molecule has 262 valence electrons. The van der Waals surface area contributed by atoms with E-state index in [1.807, 2.05) is 18.2 Å². The summed E-state index contributed by atoms with van der Waals surface area (Å²) in [4.78, 5) is 6.49. The van der Waals surface area contributed by atoms with Gasteiger partial charge in [0.15, 0.2) is 6.10 Å². The second kappa shape index (κ2) is 15.2. The van der Waals surface area contributed by atoms with Gasteiger partial charge in [0.2, 0.25) is 5.88 Å². The van der Waals surface area contributed by atoms with E-state index in [0.29, 0.717) is 17.4 Å². The van der Waals surface area contributed by atoms with E-state index >= 15 is 0 Å². The third-order valence-electron chi connectivity index (χ3n) is 8.10. The number of nitrogens with zero attached hydrogens (tertiary/aromatic N) is 4. The molecular formula is C32H38F6N6O2S2. The number of aliphatic hydroxyl groups is 1. The van der Waals surface area contributed by atoms with E-state index in [4.69, 9.17) is 9.72 Å². The van der Waals surface area contributed by atoms with Crippen molar-refractivity contribution in [1.82, 2.24) is 24.8 Å². The van der Waals surface area contributed by atoms with Crippen LogP contribution in [0.25, 0.3) is 10.7 Å². The molecule has 0 saturated carbocycles. The zero-order chi connectivity index (χ0) is 34.5. The molecule has 0 aliphatic carbocycles. The Bertz CT molecular complexity index is 1560. The van der Waals surface area contributed by atoms with Gasteiger partial charge in [-0.2, -0.15) is 26.3 Å². The zero-order valence-electron chi connectivity index (χ0n) is 26.4. The standard InChI is InChI=1S/C32H38F6N6O2S2/c1-30(2,32(36,37)38)20-46-25-16-19-44(41-25)28-27-22-12-7-6-11-21(22)10-5-3-4-8-17-43(18-15-23(45)31(33,34)35)24-13-9-14-26(39-24)48-42-29(40-27)47-28/h6-7,9,11-14,16,19,23,29,40,42,45H,3-5,8,10,15,17-18,20H2,1-2H3. The summed E-state index contributed by atoms with van der Waals surface area (Å²) in [7, 11) is 0. The molecule has 4 heterocycles. The highest BCUT2D eigenvalue weighted by Gasteiger charge is 2.48. The summed E-state index contributed by atoms with van der Waals surface area (Å²) in [5.41, 5.74) is 0.472. The summed E-state index contributed by atoms with van der Waals surface area (Å²) in [5, 5.41) is 18.9. The van der Waals surface area contributed by atoms with Crippen LogP contribution >= 0.6 is 23.7 Å². The lowest BCUT2D eigenvalue weighted by atomic mass is 9.94. The minimum Gasteiger partial charge on any atom is -0.476 e. The van der Waals surface area contributed by atoms with Gasteiger partial charge >= 0.3 is 12.4 Å². The first-order valence-corrected chi connectivity index (χ1v) is 17.3. The topological polar surface area (TPSA) is 87.5 Å². The third-order valence-corrected chi connectivity index (χ3v) is 10.1. The summed E-state index contributed by atoms with van der Waals surface area (Å²) >= 11 is 2.68. The third kappa shape index (κ3) is 9.12. The van der Waals surface area contributed by atoms with Crippen LogP contribution in [-0.4, -0.2) is 63.5 Å². The molecule has 8 nitrogen and oxygen atoms in total. The van der Waals surface area contributed by atoms with Crippen LogP contribution in [0.3, 0.4) is 0 Å². The molecule has 1 aromatic carbocycles. The molecule has 5 rings (SSSR count). The summed E-state index contributed by atoms with van der Waals surface area (Å²) in [6.45, 7) is 2.09. The minimum absolute atomic E-state index is 0.00253. The van der Waals surface area contributed by atoms with Crippen LogP contribution in [0, 0.1) is 5.41 Å². The van der Waals surface area contributed by atoms with Gasteiger partial charge < -0.3 is 20.1 Å². The maximum absolute atomic E-state index is 13.4. The number of hydrogen-bond acceptors (Lipinski definition) is 9. The normalized spacial score (nSPS) is 19.0. The fraction of sp³-hybridized carbons (Fsp3) is 0.500. The first-order chi connectivity index (χ1) is 22.7. The number of rotatable bonds is 7. The Morgan fingerprint density at radius 3 is 2.54 bits per heavy atom. The Labute approximate surface area is 283 Å². The average molecular weight is 717 g/mol. The molecule has 2 unspecified atom stereocenters. The quantitative estimate of drug-likeness (QED) is 0.168. The van der Waals surface area contributed by atoms with Gasteiger partial charge in [-0.15, -0.1) is 5.10 Å². The van der Waals surface area contributed by atoms with Gasteiger partial charge in [-0.05, 0) is 69.2 Å². The Morgan fingerprint density at radius 1 is 1.00 bits per heavy atom. The first kappa shape index (κ1) is 36.2. The number of aromatic nitrogens is 3. The van der Waals surface area contributed by atoms with Crippen molar-refractivity contribution in [1.29, 1.82) is 0 Å². The number of thioether (sulfide) groups is 1. The molecule has 2 aromatic heterocycles. The zero-order valence-corrected chi connectivity index (χ0v) is 28.1. The lowest BCUT2D eigenvalue weighted by molar-refractivity contribution is -0.219. The van der Waals surface area contributed by atoms with Crippen molar-refractivity contribution in [3.63, 3.8) is 0 Å². The molecule has 0 saturated heterocycles. The van der Waals surface area contributed by atoms with E-state index in [1.165, 1.54) is 29.8 Å². The van der Waals surface area contributed by atoms with Crippen molar-refractivity contribution < 1.29 is 36.2 Å². The van der Waals surface area contributed by atoms with Gasteiger partial charge in [0.1, 0.15) is 28.0 Å². The molecule has 0 spiro atoms. The molecule has 0 radical (unpaired) electrons. The van der Waals surface area contributed by atoms with E-state index in [0.717, 1.165) is 67.8 Å². The lowest BCUT2D eigenvalue weighted by Crippen LogP contribution is -2.37. The molecule has 2 aliphatic heterocycles. The fourth-order valence-electron chi connectivity index (χ4n) is 5.13. The van der Waals surface area contributed by atoms with E-state index < -0.39 is 36.9 Å². The smallest absolute Gasteiger partial charge is 0.414 e. The van der Waals surface area contributed by atoms with Crippen molar-refractivity contribution in [2.75, 3.05) is 24.6 Å². The van der Waals surface area contributed by atoms with Crippen LogP contribution in [0.15, 0.2) is 59.8 Å². The molecule has 2 atom stereocenters. The van der Waals surface area contributed by atoms with Gasteiger partial charge in [0.25, 0.3) is 0 Å². The maximum atomic E-state index is 13.4. The Kier molecular flexibility index (Phi) is 11.5. The van der Waals surface area contributed by atoms with Crippen LogP contribution in [0.4, 0.5) is 32.2 Å². The first-order valence-electron chi connectivity index (χ1n) is 15.6. The van der Waals surface area contributed by atoms with Gasteiger partial charge in [0, 0.05) is 30.9 Å². The Morgan fingerprint density at radius 2 is 1.77 bits per heavy atom. The number of nitrogens with one attached hydrogen (secondary N) is 2. The molecule has 16 heteroatoms.